The van der Waals surface area contributed by atoms with Gasteiger partial charge in [-0.2, -0.15) is 0 Å². The van der Waals surface area contributed by atoms with Crippen LogP contribution < -0.4 is 5.32 Å². The molecule has 1 saturated heterocycles. The lowest BCUT2D eigenvalue weighted by Gasteiger charge is -2.37. The predicted octanol–water partition coefficient (Wildman–Crippen LogP) is 3.17. The first-order valence-electron chi connectivity index (χ1n) is 9.49. The largest absolute Gasteiger partial charge is 0.376 e. The summed E-state index contributed by atoms with van der Waals surface area (Å²) >= 11 is 1.82. The number of hydrogen-bond acceptors (Lipinski definition) is 4. The third-order valence-electron chi connectivity index (χ3n) is 5.06. The van der Waals surface area contributed by atoms with E-state index in [0.717, 1.165) is 38.7 Å². The number of nitrogens with one attached hydrogen (secondary N) is 1. The number of halogens is 1. The van der Waals surface area contributed by atoms with Gasteiger partial charge in [0.1, 0.15) is 0 Å². The van der Waals surface area contributed by atoms with Crippen molar-refractivity contribution in [3.8, 4) is 0 Å². The van der Waals surface area contributed by atoms with Crippen LogP contribution in [0.5, 0.6) is 0 Å². The molecule has 2 atom stereocenters. The van der Waals surface area contributed by atoms with E-state index in [-0.39, 0.29) is 30.1 Å². The quantitative estimate of drug-likeness (QED) is 0.364. The molecule has 3 heterocycles. The van der Waals surface area contributed by atoms with Gasteiger partial charge in [0.15, 0.2) is 5.96 Å². The lowest BCUT2D eigenvalue weighted by atomic mass is 10.1. The number of guanidine groups is 1. The van der Waals surface area contributed by atoms with Crippen LogP contribution in [0, 0.1) is 0 Å². The van der Waals surface area contributed by atoms with Crippen molar-refractivity contribution in [2.75, 3.05) is 40.3 Å². The lowest BCUT2D eigenvalue weighted by molar-refractivity contribution is -0.0334. The maximum atomic E-state index is 5.74. The van der Waals surface area contributed by atoms with Crippen molar-refractivity contribution in [3.05, 3.63) is 46.4 Å². The molecule has 1 aliphatic heterocycles. The Hall–Kier alpha value is -1.10. The summed E-state index contributed by atoms with van der Waals surface area (Å²) in [4.78, 5) is 10.6. The van der Waals surface area contributed by atoms with E-state index in [1.807, 2.05) is 18.4 Å². The van der Waals surface area contributed by atoms with Gasteiger partial charge in [-0.05, 0) is 30.5 Å². The van der Waals surface area contributed by atoms with Gasteiger partial charge in [-0.15, -0.1) is 35.3 Å². The number of aryl methyl sites for hydroxylation is 1. The Bertz CT molecular complexity index is 733. The van der Waals surface area contributed by atoms with Gasteiger partial charge in [0.05, 0.1) is 25.3 Å². The van der Waals surface area contributed by atoms with Gasteiger partial charge >= 0.3 is 0 Å². The first-order chi connectivity index (χ1) is 13.1. The van der Waals surface area contributed by atoms with Crippen LogP contribution in [-0.4, -0.2) is 66.8 Å². The molecule has 0 aromatic carbocycles. The summed E-state index contributed by atoms with van der Waals surface area (Å²) in [6.07, 6.45) is 2.35. The highest BCUT2D eigenvalue weighted by Gasteiger charge is 2.26. The molecule has 1 N–H and O–H groups in total. The molecule has 0 amide bonds. The number of aromatic nitrogens is 1. The second-order valence-electron chi connectivity index (χ2n) is 7.10. The van der Waals surface area contributed by atoms with E-state index in [1.54, 1.807) is 0 Å². The third kappa shape index (κ3) is 5.95. The Kier molecular flexibility index (Phi) is 9.26. The molecule has 2 aromatic heterocycles. The monoisotopic (exact) mass is 517 g/mol. The summed E-state index contributed by atoms with van der Waals surface area (Å²) in [6, 6.07) is 8.91. The fraction of sp³-hybridized carbons (Fsp3) is 0.550. The van der Waals surface area contributed by atoms with Crippen LogP contribution in [0.15, 0.2) is 40.8 Å². The van der Waals surface area contributed by atoms with Crippen molar-refractivity contribution in [2.24, 2.45) is 12.0 Å². The SMILES string of the molecule is CN=C(NCC(c1cccs1)N1CCOC(C)C1)N(C)Cc1cccn1C.I. The Labute approximate surface area is 189 Å². The molecule has 0 radical (unpaired) electrons. The number of thiophene rings is 1. The zero-order valence-corrected chi connectivity index (χ0v) is 20.3. The van der Waals surface area contributed by atoms with Gasteiger partial charge in [0, 0.05) is 57.5 Å². The van der Waals surface area contributed by atoms with Gasteiger partial charge in [0.2, 0.25) is 0 Å². The highest BCUT2D eigenvalue weighted by atomic mass is 127. The first kappa shape index (κ1) is 23.2. The Balaban J connectivity index is 0.00000280. The minimum absolute atomic E-state index is 0. The van der Waals surface area contributed by atoms with Gasteiger partial charge in [0.25, 0.3) is 0 Å². The molecule has 0 bridgehead atoms. The van der Waals surface area contributed by atoms with Crippen LogP contribution >= 0.6 is 35.3 Å². The maximum absolute atomic E-state index is 5.74. The molecule has 2 aromatic rings. The molecule has 1 fully saturated rings. The smallest absolute Gasteiger partial charge is 0.193 e. The van der Waals surface area contributed by atoms with Crippen molar-refractivity contribution in [2.45, 2.75) is 25.6 Å². The van der Waals surface area contributed by atoms with E-state index >= 15 is 0 Å². The van der Waals surface area contributed by atoms with Crippen LogP contribution in [0.1, 0.15) is 23.5 Å². The van der Waals surface area contributed by atoms with Gasteiger partial charge in [-0.25, -0.2) is 0 Å². The number of hydrogen-bond donors (Lipinski definition) is 1. The van der Waals surface area contributed by atoms with Crippen LogP contribution in [-0.2, 0) is 18.3 Å². The summed E-state index contributed by atoms with van der Waals surface area (Å²) in [7, 11) is 6.01. The average Bonchev–Trinajstić information content (AvgIpc) is 3.31. The van der Waals surface area contributed by atoms with Crippen LogP contribution in [0.3, 0.4) is 0 Å². The molecular weight excluding hydrogens is 485 g/mol. The summed E-state index contributed by atoms with van der Waals surface area (Å²) in [5.41, 5.74) is 1.26. The molecule has 28 heavy (non-hydrogen) atoms. The van der Waals surface area contributed by atoms with E-state index in [0.29, 0.717) is 6.04 Å². The summed E-state index contributed by atoms with van der Waals surface area (Å²) in [5, 5.41) is 5.75. The van der Waals surface area contributed by atoms with Crippen molar-refractivity contribution >= 4 is 41.3 Å². The van der Waals surface area contributed by atoms with Gasteiger partial charge < -0.3 is 19.5 Å². The highest BCUT2D eigenvalue weighted by molar-refractivity contribution is 14.0. The number of ether oxygens (including phenoxy) is 1. The Morgan fingerprint density at radius 3 is 2.86 bits per heavy atom. The molecule has 8 heteroatoms. The van der Waals surface area contributed by atoms with Gasteiger partial charge in [-0.1, -0.05) is 6.07 Å². The average molecular weight is 517 g/mol. The summed E-state index contributed by atoms with van der Waals surface area (Å²) in [6.45, 7) is 6.52. The highest BCUT2D eigenvalue weighted by Crippen LogP contribution is 2.26. The minimum Gasteiger partial charge on any atom is -0.376 e. The lowest BCUT2D eigenvalue weighted by Crippen LogP contribution is -2.48. The number of rotatable bonds is 6. The number of nitrogens with zero attached hydrogens (tertiary/aromatic N) is 4. The molecule has 0 aliphatic carbocycles. The standard InChI is InChI=1S/C20H31N5OS.HI/c1-16-14-25(10-11-26-16)18(19-8-6-12-27-19)13-22-20(21-2)24(4)15-17-7-5-9-23(17)3;/h5-9,12,16,18H,10-11,13-15H2,1-4H3,(H,21,22);1H. The van der Waals surface area contributed by atoms with Crippen molar-refractivity contribution < 1.29 is 4.74 Å². The van der Waals surface area contributed by atoms with E-state index in [9.17, 15) is 0 Å². The van der Waals surface area contributed by atoms with E-state index in [1.165, 1.54) is 10.6 Å². The van der Waals surface area contributed by atoms with Crippen molar-refractivity contribution in [1.82, 2.24) is 19.7 Å². The summed E-state index contributed by atoms with van der Waals surface area (Å²) in [5.74, 6) is 0.916. The second-order valence-corrected chi connectivity index (χ2v) is 8.08. The molecule has 0 spiro atoms. The number of aliphatic imine (C=N–C) groups is 1. The zero-order valence-electron chi connectivity index (χ0n) is 17.2. The van der Waals surface area contributed by atoms with Crippen LogP contribution in [0.25, 0.3) is 0 Å². The second kappa shape index (κ2) is 11.2. The molecule has 156 valence electrons. The minimum atomic E-state index is 0. The van der Waals surface area contributed by atoms with Crippen LogP contribution in [0.4, 0.5) is 0 Å². The predicted molar refractivity (Wildman–Crippen MR) is 128 cm³/mol. The topological polar surface area (TPSA) is 45.0 Å². The molecule has 6 nitrogen and oxygen atoms in total. The fourth-order valence-electron chi connectivity index (χ4n) is 3.57. The molecule has 2 unspecified atom stereocenters. The maximum Gasteiger partial charge on any atom is 0.193 e. The van der Waals surface area contributed by atoms with Gasteiger partial charge in [-0.3, -0.25) is 9.89 Å². The molecule has 0 saturated carbocycles. The fourth-order valence-corrected chi connectivity index (χ4v) is 4.43. The van der Waals surface area contributed by atoms with E-state index in [2.05, 4.69) is 81.5 Å². The normalized spacial score (nSPS) is 19.1. The van der Waals surface area contributed by atoms with Crippen molar-refractivity contribution in [1.29, 1.82) is 0 Å². The molecular formula is C20H32IN5OS. The van der Waals surface area contributed by atoms with E-state index < -0.39 is 0 Å². The van der Waals surface area contributed by atoms with E-state index in [4.69, 9.17) is 4.74 Å². The number of morpholine rings is 1. The Morgan fingerprint density at radius 1 is 1.43 bits per heavy atom. The summed E-state index contributed by atoms with van der Waals surface area (Å²) < 4.78 is 7.88. The first-order valence-corrected chi connectivity index (χ1v) is 10.4. The Morgan fingerprint density at radius 2 is 2.25 bits per heavy atom. The molecule has 3 rings (SSSR count). The van der Waals surface area contributed by atoms with Crippen molar-refractivity contribution in [3.63, 3.8) is 0 Å². The van der Waals surface area contributed by atoms with Crippen LogP contribution in [0.2, 0.25) is 0 Å². The molecule has 1 aliphatic rings. The zero-order chi connectivity index (χ0) is 19.2. The third-order valence-corrected chi connectivity index (χ3v) is 6.04.